The third-order valence-electron chi connectivity index (χ3n) is 3.20. The molecule has 0 unspecified atom stereocenters. The second-order valence-corrected chi connectivity index (χ2v) is 6.65. The molecule has 10 heteroatoms. The Morgan fingerprint density at radius 3 is 2.70 bits per heavy atom. The first-order chi connectivity index (χ1) is 13.1. The lowest BCUT2D eigenvalue weighted by Gasteiger charge is -2.03. The Labute approximate surface area is 164 Å². The number of nitrogens with one attached hydrogen (secondary N) is 3. The Morgan fingerprint density at radius 1 is 1.22 bits per heavy atom. The quantitative estimate of drug-likeness (QED) is 0.273. The van der Waals surface area contributed by atoms with E-state index in [1.54, 1.807) is 54.7 Å². The fourth-order valence-corrected chi connectivity index (χ4v) is 2.67. The summed E-state index contributed by atoms with van der Waals surface area (Å²) < 4.78 is 0. The zero-order valence-corrected chi connectivity index (χ0v) is 15.5. The van der Waals surface area contributed by atoms with Gasteiger partial charge in [0, 0.05) is 10.7 Å². The summed E-state index contributed by atoms with van der Waals surface area (Å²) in [5.74, 6) is 0.534. The number of rotatable bonds is 7. The molecule has 0 spiro atoms. The second-order valence-electron chi connectivity index (χ2n) is 5.27. The summed E-state index contributed by atoms with van der Waals surface area (Å²) >= 11 is 7.00. The molecule has 0 aliphatic rings. The fourth-order valence-electron chi connectivity index (χ4n) is 1.95. The second kappa shape index (κ2) is 9.06. The van der Waals surface area contributed by atoms with Gasteiger partial charge in [-0.3, -0.25) is 4.79 Å². The number of aromatic hydroxyl groups is 1. The summed E-state index contributed by atoms with van der Waals surface area (Å²) in [5.41, 5.74) is 4.20. The number of anilines is 2. The SMILES string of the molecule is O=C(CSc1n[nH]c(N/N=C/c2ccc(O)cc2)n1)Nc1ccc(Cl)cc1. The summed E-state index contributed by atoms with van der Waals surface area (Å²) in [6.07, 6.45) is 1.58. The molecular formula is C17H15ClN6O2S. The van der Waals surface area contributed by atoms with Gasteiger partial charge >= 0.3 is 0 Å². The lowest BCUT2D eigenvalue weighted by Crippen LogP contribution is -2.13. The third-order valence-corrected chi connectivity index (χ3v) is 4.30. The standard InChI is InChI=1S/C17H15ClN6O2S/c18-12-3-5-13(6-4-12)20-15(26)10-27-17-21-16(23-24-17)22-19-9-11-1-7-14(25)8-2-11/h1-9,25H,10H2,(H,20,26)(H2,21,22,23,24)/b19-9+. The molecule has 0 aliphatic carbocycles. The molecule has 3 rings (SSSR count). The molecule has 2 aromatic carbocycles. The van der Waals surface area contributed by atoms with Crippen LogP contribution in [0.15, 0.2) is 58.8 Å². The summed E-state index contributed by atoms with van der Waals surface area (Å²) in [7, 11) is 0. The zero-order chi connectivity index (χ0) is 19.1. The minimum absolute atomic E-state index is 0.163. The molecule has 0 atom stereocenters. The molecule has 8 nitrogen and oxygen atoms in total. The van der Waals surface area contributed by atoms with Gasteiger partial charge in [-0.1, -0.05) is 23.4 Å². The smallest absolute Gasteiger partial charge is 0.240 e. The topological polar surface area (TPSA) is 115 Å². The van der Waals surface area contributed by atoms with E-state index in [1.807, 2.05) is 0 Å². The Morgan fingerprint density at radius 2 is 1.96 bits per heavy atom. The molecule has 0 fully saturated rings. The molecule has 0 aliphatic heterocycles. The summed E-state index contributed by atoms with van der Waals surface area (Å²) in [6, 6.07) is 13.5. The van der Waals surface area contributed by atoms with Crippen LogP contribution in [0.25, 0.3) is 0 Å². The first-order valence-electron chi connectivity index (χ1n) is 7.77. The third kappa shape index (κ3) is 6.01. The lowest BCUT2D eigenvalue weighted by molar-refractivity contribution is -0.113. The average molecular weight is 403 g/mol. The Balaban J connectivity index is 1.45. The number of aromatic amines is 1. The molecule has 3 aromatic rings. The maximum Gasteiger partial charge on any atom is 0.240 e. The zero-order valence-electron chi connectivity index (χ0n) is 13.9. The molecule has 0 bridgehead atoms. The number of nitrogens with zero attached hydrogens (tertiary/aromatic N) is 3. The van der Waals surface area contributed by atoms with Crippen LogP contribution in [0.3, 0.4) is 0 Å². The Bertz CT molecular complexity index is 927. The minimum atomic E-state index is -0.174. The monoisotopic (exact) mass is 402 g/mol. The van der Waals surface area contributed by atoms with E-state index in [4.69, 9.17) is 11.6 Å². The normalized spacial score (nSPS) is 10.9. The molecule has 138 valence electrons. The van der Waals surface area contributed by atoms with Crippen molar-refractivity contribution in [3.05, 3.63) is 59.1 Å². The van der Waals surface area contributed by atoms with Gasteiger partial charge in [0.15, 0.2) is 0 Å². The summed E-state index contributed by atoms with van der Waals surface area (Å²) in [6.45, 7) is 0. The number of hydrogen-bond acceptors (Lipinski definition) is 7. The molecule has 0 saturated carbocycles. The number of hydrazone groups is 1. The van der Waals surface area contributed by atoms with Crippen LogP contribution in [-0.2, 0) is 4.79 Å². The predicted molar refractivity (Wildman–Crippen MR) is 107 cm³/mol. The maximum atomic E-state index is 11.9. The number of amides is 1. The van der Waals surface area contributed by atoms with E-state index < -0.39 is 0 Å². The highest BCUT2D eigenvalue weighted by molar-refractivity contribution is 7.99. The van der Waals surface area contributed by atoms with Gasteiger partial charge < -0.3 is 10.4 Å². The van der Waals surface area contributed by atoms with Crippen molar-refractivity contribution < 1.29 is 9.90 Å². The molecule has 0 saturated heterocycles. The van der Waals surface area contributed by atoms with Crippen molar-refractivity contribution in [2.24, 2.45) is 5.10 Å². The van der Waals surface area contributed by atoms with E-state index in [-0.39, 0.29) is 17.4 Å². The van der Waals surface area contributed by atoms with Crippen LogP contribution in [0.2, 0.25) is 5.02 Å². The number of aromatic nitrogens is 3. The first-order valence-corrected chi connectivity index (χ1v) is 9.13. The molecule has 4 N–H and O–H groups in total. The van der Waals surface area contributed by atoms with Crippen LogP contribution in [0.4, 0.5) is 11.6 Å². The Hall–Kier alpha value is -3.04. The van der Waals surface area contributed by atoms with Gasteiger partial charge in [0.05, 0.1) is 12.0 Å². The van der Waals surface area contributed by atoms with E-state index in [9.17, 15) is 9.90 Å². The number of thioether (sulfide) groups is 1. The van der Waals surface area contributed by atoms with Crippen LogP contribution >= 0.6 is 23.4 Å². The number of hydrogen-bond donors (Lipinski definition) is 4. The molecule has 27 heavy (non-hydrogen) atoms. The van der Waals surface area contributed by atoms with Crippen molar-refractivity contribution in [3.63, 3.8) is 0 Å². The van der Waals surface area contributed by atoms with Crippen LogP contribution < -0.4 is 10.7 Å². The highest BCUT2D eigenvalue weighted by Crippen LogP contribution is 2.16. The molecular weight excluding hydrogens is 388 g/mol. The Kier molecular flexibility index (Phi) is 6.29. The van der Waals surface area contributed by atoms with Gasteiger partial charge in [0.2, 0.25) is 17.0 Å². The van der Waals surface area contributed by atoms with Crippen LogP contribution in [0.1, 0.15) is 5.56 Å². The number of carbonyl (C=O) groups excluding carboxylic acids is 1. The highest BCUT2D eigenvalue weighted by atomic mass is 35.5. The van der Waals surface area contributed by atoms with Crippen molar-refractivity contribution in [2.45, 2.75) is 5.16 Å². The fraction of sp³-hybridized carbons (Fsp3) is 0.0588. The van der Waals surface area contributed by atoms with Crippen LogP contribution in [-0.4, -0.2) is 38.2 Å². The molecule has 0 radical (unpaired) electrons. The van der Waals surface area contributed by atoms with Gasteiger partial charge in [-0.25, -0.2) is 10.5 Å². The highest BCUT2D eigenvalue weighted by Gasteiger charge is 2.08. The largest absolute Gasteiger partial charge is 0.508 e. The van der Waals surface area contributed by atoms with Crippen molar-refractivity contribution >= 4 is 47.1 Å². The number of carbonyl (C=O) groups is 1. The van der Waals surface area contributed by atoms with Gasteiger partial charge in [0.25, 0.3) is 0 Å². The number of halogens is 1. The van der Waals surface area contributed by atoms with Crippen molar-refractivity contribution in [3.8, 4) is 5.75 Å². The van der Waals surface area contributed by atoms with E-state index in [0.29, 0.717) is 21.8 Å². The van der Waals surface area contributed by atoms with E-state index in [2.05, 4.69) is 31.0 Å². The van der Waals surface area contributed by atoms with Crippen molar-refractivity contribution in [1.29, 1.82) is 0 Å². The lowest BCUT2D eigenvalue weighted by atomic mass is 10.2. The maximum absolute atomic E-state index is 11.9. The van der Waals surface area contributed by atoms with Gasteiger partial charge in [0.1, 0.15) is 5.75 Å². The van der Waals surface area contributed by atoms with E-state index >= 15 is 0 Å². The summed E-state index contributed by atoms with van der Waals surface area (Å²) in [5, 5.41) is 23.7. The predicted octanol–water partition coefficient (Wildman–Crippen LogP) is 3.34. The number of H-pyrrole nitrogens is 1. The average Bonchev–Trinajstić information content (AvgIpc) is 3.11. The van der Waals surface area contributed by atoms with E-state index in [1.165, 1.54) is 11.8 Å². The van der Waals surface area contributed by atoms with Crippen molar-refractivity contribution in [1.82, 2.24) is 15.2 Å². The van der Waals surface area contributed by atoms with E-state index in [0.717, 1.165) is 5.56 Å². The first kappa shape index (κ1) is 18.7. The van der Waals surface area contributed by atoms with Gasteiger partial charge in [-0.15, -0.1) is 5.10 Å². The molecule has 1 amide bonds. The van der Waals surface area contributed by atoms with Crippen LogP contribution in [0, 0.1) is 0 Å². The number of benzene rings is 2. The van der Waals surface area contributed by atoms with Crippen molar-refractivity contribution in [2.75, 3.05) is 16.5 Å². The van der Waals surface area contributed by atoms with Gasteiger partial charge in [-0.05, 0) is 54.1 Å². The van der Waals surface area contributed by atoms with Gasteiger partial charge in [-0.2, -0.15) is 10.1 Å². The summed E-state index contributed by atoms with van der Waals surface area (Å²) in [4.78, 5) is 16.1. The minimum Gasteiger partial charge on any atom is -0.508 e. The number of phenolic OH excluding ortho intramolecular Hbond substituents is 1. The van der Waals surface area contributed by atoms with Crippen LogP contribution in [0.5, 0.6) is 5.75 Å². The molecule has 1 heterocycles. The molecule has 1 aromatic heterocycles. The number of phenols is 1.